The van der Waals surface area contributed by atoms with Crippen molar-refractivity contribution in [3.05, 3.63) is 35.9 Å². The Morgan fingerprint density at radius 2 is 1.70 bits per heavy atom. The Morgan fingerprint density at radius 3 is 2.30 bits per heavy atom. The van der Waals surface area contributed by atoms with Crippen LogP contribution >= 0.6 is 0 Å². The third-order valence-corrected chi connectivity index (χ3v) is 5.89. The highest BCUT2D eigenvalue weighted by molar-refractivity contribution is 6.08. The van der Waals surface area contributed by atoms with E-state index in [0.717, 1.165) is 37.7 Å². The lowest BCUT2D eigenvalue weighted by Crippen LogP contribution is -2.50. The molecule has 3 amide bonds. The van der Waals surface area contributed by atoms with Gasteiger partial charge >= 0.3 is 0 Å². The van der Waals surface area contributed by atoms with Gasteiger partial charge in [-0.2, -0.15) is 0 Å². The molecule has 1 saturated heterocycles. The van der Waals surface area contributed by atoms with Gasteiger partial charge in [-0.25, -0.2) is 0 Å². The van der Waals surface area contributed by atoms with Crippen molar-refractivity contribution in [2.45, 2.75) is 71.4 Å². The van der Waals surface area contributed by atoms with E-state index >= 15 is 0 Å². The molecule has 0 atom stereocenters. The summed E-state index contributed by atoms with van der Waals surface area (Å²) in [5, 5.41) is 0. The first-order chi connectivity index (χ1) is 12.7. The maximum absolute atomic E-state index is 13.1. The molecule has 27 heavy (non-hydrogen) atoms. The molecule has 2 fully saturated rings. The number of imide groups is 1. The monoisotopic (exact) mass is 370 g/mol. The summed E-state index contributed by atoms with van der Waals surface area (Å²) in [6.45, 7) is 6.24. The molecule has 0 unspecified atom stereocenters. The van der Waals surface area contributed by atoms with Crippen LogP contribution in [0.15, 0.2) is 30.3 Å². The normalized spacial score (nSPS) is 19.6. The van der Waals surface area contributed by atoms with Crippen molar-refractivity contribution in [2.75, 3.05) is 6.54 Å². The van der Waals surface area contributed by atoms with Crippen LogP contribution in [0.5, 0.6) is 0 Å². The van der Waals surface area contributed by atoms with Gasteiger partial charge in [0.1, 0.15) is 6.54 Å². The van der Waals surface area contributed by atoms with Crippen LogP contribution in [0.4, 0.5) is 0 Å². The van der Waals surface area contributed by atoms with E-state index in [4.69, 9.17) is 0 Å². The SMILES string of the molecule is CC(C)(C)N(Cc1ccccc1)C(=O)CN1C(=O)CC2(CCCCC2)C1=O. The predicted octanol–water partition coefficient (Wildman–Crippen LogP) is 3.52. The molecule has 5 nitrogen and oxygen atoms in total. The largest absolute Gasteiger partial charge is 0.332 e. The van der Waals surface area contributed by atoms with Gasteiger partial charge in [0.15, 0.2) is 0 Å². The van der Waals surface area contributed by atoms with E-state index in [0.29, 0.717) is 6.54 Å². The summed E-state index contributed by atoms with van der Waals surface area (Å²) < 4.78 is 0. The van der Waals surface area contributed by atoms with Gasteiger partial charge in [-0.05, 0) is 39.2 Å². The maximum Gasteiger partial charge on any atom is 0.243 e. The Bertz CT molecular complexity index is 715. The molecule has 0 aromatic heterocycles. The number of hydrogen-bond acceptors (Lipinski definition) is 3. The molecular weight excluding hydrogens is 340 g/mol. The summed E-state index contributed by atoms with van der Waals surface area (Å²) in [4.78, 5) is 41.6. The van der Waals surface area contributed by atoms with Gasteiger partial charge in [-0.15, -0.1) is 0 Å². The minimum Gasteiger partial charge on any atom is -0.332 e. The van der Waals surface area contributed by atoms with Crippen molar-refractivity contribution < 1.29 is 14.4 Å². The molecule has 0 N–H and O–H groups in total. The van der Waals surface area contributed by atoms with Gasteiger partial charge in [-0.1, -0.05) is 49.6 Å². The van der Waals surface area contributed by atoms with Crippen molar-refractivity contribution in [3.8, 4) is 0 Å². The lowest BCUT2D eigenvalue weighted by molar-refractivity contribution is -0.150. The van der Waals surface area contributed by atoms with Crippen molar-refractivity contribution in [2.24, 2.45) is 5.41 Å². The number of hydrogen-bond donors (Lipinski definition) is 0. The van der Waals surface area contributed by atoms with Crippen LogP contribution in [0.3, 0.4) is 0 Å². The lowest BCUT2D eigenvalue weighted by atomic mass is 9.73. The second-order valence-electron chi connectivity index (χ2n) is 8.94. The Morgan fingerprint density at radius 1 is 1.07 bits per heavy atom. The maximum atomic E-state index is 13.1. The fourth-order valence-electron chi connectivity index (χ4n) is 4.33. The second kappa shape index (κ2) is 7.45. The molecule has 1 heterocycles. The van der Waals surface area contributed by atoms with Crippen LogP contribution in [-0.2, 0) is 20.9 Å². The van der Waals surface area contributed by atoms with Gasteiger partial charge < -0.3 is 4.90 Å². The molecule has 0 bridgehead atoms. The predicted molar refractivity (Wildman–Crippen MR) is 104 cm³/mol. The molecule has 2 aliphatic rings. The highest BCUT2D eigenvalue weighted by Gasteiger charge is 2.52. The molecule has 1 aliphatic carbocycles. The summed E-state index contributed by atoms with van der Waals surface area (Å²) in [6.07, 6.45) is 4.92. The zero-order valence-electron chi connectivity index (χ0n) is 16.7. The van der Waals surface area contributed by atoms with Crippen LogP contribution < -0.4 is 0 Å². The summed E-state index contributed by atoms with van der Waals surface area (Å²) in [5.41, 5.74) is 0.0895. The van der Waals surface area contributed by atoms with E-state index in [1.807, 2.05) is 51.1 Å². The van der Waals surface area contributed by atoms with Crippen molar-refractivity contribution >= 4 is 17.7 Å². The summed E-state index contributed by atoms with van der Waals surface area (Å²) in [7, 11) is 0. The standard InChI is InChI=1S/C22H30N2O3/c1-21(2,3)24(15-17-10-6-4-7-11-17)19(26)16-23-18(25)14-22(20(23)27)12-8-5-9-13-22/h4,6-7,10-11H,5,8-9,12-16H2,1-3H3. The number of likely N-dealkylation sites (tertiary alicyclic amines) is 1. The zero-order chi connectivity index (χ0) is 19.7. The van der Waals surface area contributed by atoms with Gasteiger partial charge in [0, 0.05) is 18.5 Å². The number of benzene rings is 1. The van der Waals surface area contributed by atoms with E-state index < -0.39 is 11.0 Å². The number of rotatable bonds is 4. The highest BCUT2D eigenvalue weighted by Crippen LogP contribution is 2.45. The number of amides is 3. The molecule has 1 aliphatic heterocycles. The van der Waals surface area contributed by atoms with Crippen LogP contribution in [0.1, 0.15) is 64.9 Å². The third-order valence-electron chi connectivity index (χ3n) is 5.89. The minimum absolute atomic E-state index is 0.130. The zero-order valence-corrected chi connectivity index (χ0v) is 16.7. The third kappa shape index (κ3) is 4.07. The van der Waals surface area contributed by atoms with Crippen LogP contribution in [0.25, 0.3) is 0 Å². The number of carbonyl (C=O) groups is 3. The van der Waals surface area contributed by atoms with Crippen LogP contribution in [0, 0.1) is 5.41 Å². The molecule has 1 spiro atoms. The Balaban J connectivity index is 1.75. The van der Waals surface area contributed by atoms with E-state index in [-0.39, 0.29) is 30.7 Å². The Hall–Kier alpha value is -2.17. The minimum atomic E-state index is -0.540. The first-order valence-electron chi connectivity index (χ1n) is 9.92. The molecule has 0 radical (unpaired) electrons. The molecule has 3 rings (SSSR count). The quantitative estimate of drug-likeness (QED) is 0.762. The van der Waals surface area contributed by atoms with Crippen LogP contribution in [-0.4, -0.2) is 39.6 Å². The van der Waals surface area contributed by atoms with E-state index in [1.165, 1.54) is 4.90 Å². The fourth-order valence-corrected chi connectivity index (χ4v) is 4.33. The second-order valence-corrected chi connectivity index (χ2v) is 8.94. The average Bonchev–Trinajstić information content (AvgIpc) is 2.84. The van der Waals surface area contributed by atoms with Crippen molar-refractivity contribution in [3.63, 3.8) is 0 Å². The van der Waals surface area contributed by atoms with Gasteiger partial charge in [-0.3, -0.25) is 19.3 Å². The summed E-state index contributed by atoms with van der Waals surface area (Å²) in [5.74, 6) is -0.501. The average molecular weight is 370 g/mol. The first kappa shape index (κ1) is 19.6. The van der Waals surface area contributed by atoms with Gasteiger partial charge in [0.25, 0.3) is 0 Å². The number of carbonyl (C=O) groups excluding carboxylic acids is 3. The summed E-state index contributed by atoms with van der Waals surface area (Å²) in [6, 6.07) is 9.80. The fraction of sp³-hybridized carbons (Fsp3) is 0.591. The van der Waals surface area contributed by atoms with E-state index in [2.05, 4.69) is 0 Å². The van der Waals surface area contributed by atoms with Crippen molar-refractivity contribution in [1.29, 1.82) is 0 Å². The lowest BCUT2D eigenvalue weighted by Gasteiger charge is -2.37. The smallest absolute Gasteiger partial charge is 0.243 e. The van der Waals surface area contributed by atoms with E-state index in [9.17, 15) is 14.4 Å². The molecule has 1 aromatic carbocycles. The first-order valence-corrected chi connectivity index (χ1v) is 9.92. The van der Waals surface area contributed by atoms with Crippen LogP contribution in [0.2, 0.25) is 0 Å². The molecule has 146 valence electrons. The number of nitrogens with zero attached hydrogens (tertiary/aromatic N) is 2. The topological polar surface area (TPSA) is 57.7 Å². The van der Waals surface area contributed by atoms with Gasteiger partial charge in [0.05, 0.1) is 5.41 Å². The van der Waals surface area contributed by atoms with Crippen molar-refractivity contribution in [1.82, 2.24) is 9.80 Å². The van der Waals surface area contributed by atoms with Gasteiger partial charge in [0.2, 0.25) is 17.7 Å². The van der Waals surface area contributed by atoms with E-state index in [1.54, 1.807) is 4.90 Å². The molecule has 5 heteroatoms. The Labute approximate surface area is 161 Å². The molecule has 1 aromatic rings. The molecular formula is C22H30N2O3. The summed E-state index contributed by atoms with van der Waals surface area (Å²) >= 11 is 0. The highest BCUT2D eigenvalue weighted by atomic mass is 16.2. The molecule has 1 saturated carbocycles. The Kier molecular flexibility index (Phi) is 5.41.